The first-order valence-corrected chi connectivity index (χ1v) is 11.3. The maximum absolute atomic E-state index is 6.16. The van der Waals surface area contributed by atoms with Gasteiger partial charge in [0.05, 0.1) is 19.8 Å². The van der Waals surface area contributed by atoms with E-state index in [0.29, 0.717) is 25.6 Å². The summed E-state index contributed by atoms with van der Waals surface area (Å²) < 4.78 is 13.6. The van der Waals surface area contributed by atoms with Gasteiger partial charge in [0, 0.05) is 43.8 Å². The fraction of sp³-hybridized carbons (Fsp3) is 0.458. The Morgan fingerprint density at radius 2 is 2.19 bits per heavy atom. The largest absolute Gasteiger partial charge is 0.493 e. The van der Waals surface area contributed by atoms with Crippen molar-refractivity contribution in [3.63, 3.8) is 0 Å². The van der Waals surface area contributed by atoms with E-state index in [1.54, 1.807) is 0 Å². The van der Waals surface area contributed by atoms with Crippen LogP contribution in [0.1, 0.15) is 30.3 Å². The topological polar surface area (TPSA) is 85.1 Å². The first-order chi connectivity index (χ1) is 15.7. The Morgan fingerprint density at radius 3 is 3.03 bits per heavy atom. The smallest absolute Gasteiger partial charge is 0.191 e. The summed E-state index contributed by atoms with van der Waals surface area (Å²) in [7, 11) is 0. The lowest BCUT2D eigenvalue weighted by Gasteiger charge is -2.15. The molecule has 1 unspecified atom stereocenters. The van der Waals surface area contributed by atoms with E-state index in [4.69, 9.17) is 14.5 Å². The van der Waals surface area contributed by atoms with E-state index < -0.39 is 0 Å². The van der Waals surface area contributed by atoms with Crippen LogP contribution in [0.2, 0.25) is 0 Å². The highest BCUT2D eigenvalue weighted by Crippen LogP contribution is 2.23. The number of aryl methyl sites for hydroxylation is 1. The predicted molar refractivity (Wildman–Crippen MR) is 125 cm³/mol. The van der Waals surface area contributed by atoms with Gasteiger partial charge in [-0.05, 0) is 44.0 Å². The van der Waals surface area contributed by atoms with Crippen molar-refractivity contribution < 1.29 is 9.47 Å². The quantitative estimate of drug-likeness (QED) is 0.396. The normalized spacial score (nSPS) is 16.4. The third-order valence-corrected chi connectivity index (χ3v) is 5.50. The molecular formula is C24H32N6O2. The van der Waals surface area contributed by atoms with Gasteiger partial charge in [0.25, 0.3) is 0 Å². The van der Waals surface area contributed by atoms with Crippen LogP contribution in [0.4, 0.5) is 0 Å². The van der Waals surface area contributed by atoms with E-state index in [9.17, 15) is 0 Å². The van der Waals surface area contributed by atoms with E-state index in [1.807, 2.05) is 28.8 Å². The second-order valence-electron chi connectivity index (χ2n) is 8.07. The predicted octanol–water partition coefficient (Wildman–Crippen LogP) is 2.75. The summed E-state index contributed by atoms with van der Waals surface area (Å²) in [5.74, 6) is 3.08. The molecule has 2 aromatic heterocycles. The number of fused-ring (bicyclic) bond motifs is 1. The van der Waals surface area contributed by atoms with Crippen molar-refractivity contribution in [1.29, 1.82) is 0 Å². The zero-order valence-electron chi connectivity index (χ0n) is 18.9. The number of hydrogen-bond donors (Lipinski definition) is 2. The summed E-state index contributed by atoms with van der Waals surface area (Å²) >= 11 is 0. The molecule has 0 amide bonds. The molecule has 1 aliphatic heterocycles. The van der Waals surface area contributed by atoms with Crippen LogP contribution in [0.3, 0.4) is 0 Å². The minimum Gasteiger partial charge on any atom is -0.493 e. The number of ether oxygens (including phenoxy) is 2. The Labute approximate surface area is 189 Å². The van der Waals surface area contributed by atoms with Crippen molar-refractivity contribution in [2.75, 3.05) is 32.9 Å². The Hall–Kier alpha value is -3.13. The van der Waals surface area contributed by atoms with Crippen LogP contribution in [-0.4, -0.2) is 53.5 Å². The Bertz CT molecular complexity index is 1040. The molecule has 8 heteroatoms. The number of guanidine groups is 1. The van der Waals surface area contributed by atoms with Gasteiger partial charge in [0.2, 0.25) is 0 Å². The van der Waals surface area contributed by atoms with Crippen molar-refractivity contribution >= 4 is 11.6 Å². The molecule has 2 N–H and O–H groups in total. The van der Waals surface area contributed by atoms with Gasteiger partial charge in [0.1, 0.15) is 11.6 Å². The van der Waals surface area contributed by atoms with Gasteiger partial charge in [-0.15, -0.1) is 10.2 Å². The van der Waals surface area contributed by atoms with Gasteiger partial charge in [-0.25, -0.2) is 4.99 Å². The summed E-state index contributed by atoms with van der Waals surface area (Å²) in [6.45, 7) is 8.49. The molecule has 3 heterocycles. The Morgan fingerprint density at radius 1 is 1.25 bits per heavy atom. The van der Waals surface area contributed by atoms with Crippen molar-refractivity contribution in [3.05, 3.63) is 59.5 Å². The van der Waals surface area contributed by atoms with Crippen LogP contribution < -0.4 is 15.4 Å². The number of rotatable bonds is 9. The molecule has 0 spiro atoms. The van der Waals surface area contributed by atoms with Crippen molar-refractivity contribution in [3.8, 4) is 5.75 Å². The third-order valence-electron chi connectivity index (χ3n) is 5.50. The van der Waals surface area contributed by atoms with Gasteiger partial charge in [-0.1, -0.05) is 18.2 Å². The maximum Gasteiger partial charge on any atom is 0.191 e. The minimum absolute atomic E-state index is 0.471. The molecule has 1 aromatic carbocycles. The highest BCUT2D eigenvalue weighted by atomic mass is 16.5. The Kier molecular flexibility index (Phi) is 7.55. The third kappa shape index (κ3) is 5.76. The van der Waals surface area contributed by atoms with E-state index in [1.165, 1.54) is 5.56 Å². The molecule has 1 fully saturated rings. The van der Waals surface area contributed by atoms with Gasteiger partial charge >= 0.3 is 0 Å². The van der Waals surface area contributed by atoms with Crippen molar-refractivity contribution in [2.24, 2.45) is 10.9 Å². The average Bonchev–Trinajstić information content (AvgIpc) is 3.47. The minimum atomic E-state index is 0.471. The lowest BCUT2D eigenvalue weighted by molar-refractivity contribution is 0.166. The highest BCUT2D eigenvalue weighted by molar-refractivity contribution is 5.79. The van der Waals surface area contributed by atoms with E-state index in [0.717, 1.165) is 61.3 Å². The van der Waals surface area contributed by atoms with Gasteiger partial charge in [-0.3, -0.25) is 4.40 Å². The number of hydrogen-bond acceptors (Lipinski definition) is 5. The molecule has 0 radical (unpaired) electrons. The second-order valence-corrected chi connectivity index (χ2v) is 8.07. The van der Waals surface area contributed by atoms with Crippen LogP contribution in [0.5, 0.6) is 5.75 Å². The van der Waals surface area contributed by atoms with Gasteiger partial charge in [0.15, 0.2) is 11.6 Å². The van der Waals surface area contributed by atoms with Crippen LogP contribution in [-0.2, 0) is 17.7 Å². The number of nitrogens with one attached hydrogen (secondary N) is 2. The summed E-state index contributed by atoms with van der Waals surface area (Å²) in [6, 6.07) is 12.2. The zero-order chi connectivity index (χ0) is 22.2. The number of aliphatic imine (C=N–C) groups is 1. The van der Waals surface area contributed by atoms with Gasteiger partial charge in [-0.2, -0.15) is 0 Å². The maximum atomic E-state index is 6.16. The molecule has 1 saturated heterocycles. The number of benzene rings is 1. The summed E-state index contributed by atoms with van der Waals surface area (Å²) in [5.41, 5.74) is 3.12. The SMILES string of the molecule is CCNC(=NCc1ccc(C)cc1OCC1CCOC1)NCCc1nnc2ccccn12. The van der Waals surface area contributed by atoms with E-state index in [-0.39, 0.29) is 0 Å². The molecule has 1 atom stereocenters. The second kappa shape index (κ2) is 10.9. The summed E-state index contributed by atoms with van der Waals surface area (Å²) in [6.07, 6.45) is 3.80. The molecule has 8 nitrogen and oxygen atoms in total. The fourth-order valence-corrected chi connectivity index (χ4v) is 3.71. The summed E-state index contributed by atoms with van der Waals surface area (Å²) in [4.78, 5) is 4.78. The van der Waals surface area contributed by atoms with Crippen LogP contribution in [0.25, 0.3) is 5.65 Å². The molecule has 3 aromatic rings. The van der Waals surface area contributed by atoms with Crippen LogP contribution in [0.15, 0.2) is 47.6 Å². The lowest BCUT2D eigenvalue weighted by atomic mass is 10.1. The molecule has 4 rings (SSSR count). The standard InChI is InChI=1S/C24H32N6O2/c1-3-25-24(26-11-9-23-29-28-22-6-4-5-12-30(22)23)27-15-20-8-7-18(2)14-21(20)32-17-19-10-13-31-16-19/h4-8,12,14,19H,3,9-11,13,15-17H2,1-2H3,(H2,25,26,27). The van der Waals surface area contributed by atoms with E-state index >= 15 is 0 Å². The lowest BCUT2D eigenvalue weighted by Crippen LogP contribution is -2.38. The number of nitrogens with zero attached hydrogens (tertiary/aromatic N) is 4. The van der Waals surface area contributed by atoms with E-state index in [2.05, 4.69) is 52.9 Å². The first kappa shape index (κ1) is 22.1. The molecule has 0 saturated carbocycles. The first-order valence-electron chi connectivity index (χ1n) is 11.3. The highest BCUT2D eigenvalue weighted by Gasteiger charge is 2.17. The Balaban J connectivity index is 1.37. The van der Waals surface area contributed by atoms with Crippen molar-refractivity contribution in [2.45, 2.75) is 33.2 Å². The monoisotopic (exact) mass is 436 g/mol. The molecule has 0 aliphatic carbocycles. The van der Waals surface area contributed by atoms with Crippen LogP contribution >= 0.6 is 0 Å². The molecule has 1 aliphatic rings. The number of aromatic nitrogens is 3. The molecular weight excluding hydrogens is 404 g/mol. The summed E-state index contributed by atoms with van der Waals surface area (Å²) in [5, 5.41) is 15.2. The van der Waals surface area contributed by atoms with Crippen molar-refractivity contribution in [1.82, 2.24) is 25.2 Å². The number of pyridine rings is 1. The molecule has 32 heavy (non-hydrogen) atoms. The zero-order valence-corrected chi connectivity index (χ0v) is 18.9. The molecule has 170 valence electrons. The average molecular weight is 437 g/mol. The molecule has 0 bridgehead atoms. The van der Waals surface area contributed by atoms with Gasteiger partial charge < -0.3 is 20.1 Å². The fourth-order valence-electron chi connectivity index (χ4n) is 3.71. The van der Waals surface area contributed by atoms with Crippen LogP contribution in [0, 0.1) is 12.8 Å².